The third kappa shape index (κ3) is 3.92. The summed E-state index contributed by atoms with van der Waals surface area (Å²) in [5.74, 6) is 3.47. The molecule has 148 valence electrons. The van der Waals surface area contributed by atoms with E-state index >= 15 is 0 Å². The minimum Gasteiger partial charge on any atom is -0.497 e. The topological polar surface area (TPSA) is 101 Å². The lowest BCUT2D eigenvalue weighted by Gasteiger charge is -2.07. The summed E-state index contributed by atoms with van der Waals surface area (Å²) in [6, 6.07) is 9.22. The highest BCUT2D eigenvalue weighted by atomic mass is 32.2. The highest BCUT2D eigenvalue weighted by Crippen LogP contribution is 2.32. The zero-order chi connectivity index (χ0) is 20.2. The fourth-order valence-electron chi connectivity index (χ4n) is 2.73. The van der Waals surface area contributed by atoms with E-state index in [2.05, 4.69) is 25.3 Å². The second kappa shape index (κ2) is 8.31. The summed E-state index contributed by atoms with van der Waals surface area (Å²) in [5.41, 5.74) is 1.68. The number of nitrogens with zero attached hydrogens (tertiary/aromatic N) is 6. The predicted octanol–water partition coefficient (Wildman–Crippen LogP) is 3.24. The van der Waals surface area contributed by atoms with Crippen molar-refractivity contribution in [2.75, 3.05) is 14.2 Å². The molecule has 0 amide bonds. The molecule has 10 heteroatoms. The van der Waals surface area contributed by atoms with Gasteiger partial charge in [0.15, 0.2) is 11.0 Å². The molecule has 3 aromatic heterocycles. The monoisotopic (exact) mass is 410 g/mol. The van der Waals surface area contributed by atoms with Gasteiger partial charge in [-0.25, -0.2) is 0 Å². The molecule has 1 aromatic carbocycles. The highest BCUT2D eigenvalue weighted by molar-refractivity contribution is 7.98. The molecule has 0 saturated heterocycles. The van der Waals surface area contributed by atoms with Gasteiger partial charge in [-0.3, -0.25) is 4.98 Å². The summed E-state index contributed by atoms with van der Waals surface area (Å²) in [5, 5.41) is 13.3. The van der Waals surface area contributed by atoms with Gasteiger partial charge in [0.1, 0.15) is 11.5 Å². The Kier molecular flexibility index (Phi) is 5.43. The summed E-state index contributed by atoms with van der Waals surface area (Å²) in [6.45, 7) is 0. The average Bonchev–Trinajstić information content (AvgIpc) is 3.39. The number of hydrogen-bond donors (Lipinski definition) is 0. The van der Waals surface area contributed by atoms with Crippen LogP contribution in [0.3, 0.4) is 0 Å². The molecule has 9 nitrogen and oxygen atoms in total. The van der Waals surface area contributed by atoms with Gasteiger partial charge in [0.05, 0.1) is 25.5 Å². The number of pyridine rings is 1. The molecule has 0 spiro atoms. The maximum absolute atomic E-state index is 5.41. The first-order chi connectivity index (χ1) is 14.2. The number of methoxy groups -OCH3 is 2. The van der Waals surface area contributed by atoms with E-state index in [1.54, 1.807) is 32.7 Å². The molecule has 0 bridgehead atoms. The second-order valence-electron chi connectivity index (χ2n) is 5.97. The van der Waals surface area contributed by atoms with Crippen molar-refractivity contribution in [2.24, 2.45) is 7.05 Å². The van der Waals surface area contributed by atoms with E-state index in [0.717, 1.165) is 22.1 Å². The van der Waals surface area contributed by atoms with Gasteiger partial charge in [0, 0.05) is 31.1 Å². The van der Waals surface area contributed by atoms with Crippen molar-refractivity contribution in [3.05, 3.63) is 48.6 Å². The maximum atomic E-state index is 5.41. The molecule has 4 aromatic rings. The Bertz CT molecular complexity index is 1110. The van der Waals surface area contributed by atoms with Crippen LogP contribution in [0.1, 0.15) is 5.89 Å². The Morgan fingerprint density at radius 2 is 1.90 bits per heavy atom. The first-order valence-corrected chi connectivity index (χ1v) is 9.65. The van der Waals surface area contributed by atoms with Gasteiger partial charge in [-0.1, -0.05) is 16.9 Å². The van der Waals surface area contributed by atoms with Crippen LogP contribution < -0.4 is 9.47 Å². The molecule has 0 unspecified atom stereocenters. The zero-order valence-corrected chi connectivity index (χ0v) is 16.9. The van der Waals surface area contributed by atoms with Crippen molar-refractivity contribution < 1.29 is 14.0 Å². The summed E-state index contributed by atoms with van der Waals surface area (Å²) in [7, 11) is 5.10. The minimum atomic E-state index is 0.454. The normalized spacial score (nSPS) is 10.9. The number of thioether (sulfide) groups is 1. The Morgan fingerprint density at radius 1 is 1.07 bits per heavy atom. The fourth-order valence-corrected chi connectivity index (χ4v) is 3.47. The lowest BCUT2D eigenvalue weighted by molar-refractivity contribution is 0.388. The van der Waals surface area contributed by atoms with Gasteiger partial charge < -0.3 is 18.6 Å². The fraction of sp³-hybridized carbons (Fsp3) is 0.211. The third-order valence-corrected chi connectivity index (χ3v) is 5.22. The van der Waals surface area contributed by atoms with E-state index in [1.807, 2.05) is 35.9 Å². The van der Waals surface area contributed by atoms with Crippen LogP contribution in [0.2, 0.25) is 0 Å². The smallest absolute Gasteiger partial charge is 0.237 e. The molecule has 3 heterocycles. The van der Waals surface area contributed by atoms with E-state index in [9.17, 15) is 0 Å². The number of ether oxygens (including phenoxy) is 2. The number of rotatable bonds is 7. The molecule has 0 aliphatic rings. The van der Waals surface area contributed by atoms with Crippen molar-refractivity contribution in [3.8, 4) is 34.3 Å². The summed E-state index contributed by atoms with van der Waals surface area (Å²) < 4.78 is 17.9. The van der Waals surface area contributed by atoms with E-state index in [-0.39, 0.29) is 0 Å². The van der Waals surface area contributed by atoms with Crippen LogP contribution >= 0.6 is 11.8 Å². The van der Waals surface area contributed by atoms with Gasteiger partial charge in [-0.15, -0.1) is 10.2 Å². The lowest BCUT2D eigenvalue weighted by Crippen LogP contribution is -1.95. The van der Waals surface area contributed by atoms with Gasteiger partial charge in [0.2, 0.25) is 11.7 Å². The van der Waals surface area contributed by atoms with Crippen LogP contribution in [-0.4, -0.2) is 44.1 Å². The van der Waals surface area contributed by atoms with Gasteiger partial charge in [-0.05, 0) is 24.3 Å². The molecule has 0 atom stereocenters. The Hall–Kier alpha value is -3.40. The van der Waals surface area contributed by atoms with Gasteiger partial charge in [0.25, 0.3) is 0 Å². The molecule has 0 N–H and O–H groups in total. The molecule has 0 aliphatic carbocycles. The molecule has 0 aliphatic heterocycles. The van der Waals surface area contributed by atoms with Crippen molar-refractivity contribution in [2.45, 2.75) is 10.9 Å². The molecule has 29 heavy (non-hydrogen) atoms. The van der Waals surface area contributed by atoms with Crippen LogP contribution in [0, 0.1) is 0 Å². The average molecular weight is 410 g/mol. The predicted molar refractivity (Wildman–Crippen MR) is 107 cm³/mol. The van der Waals surface area contributed by atoms with E-state index in [0.29, 0.717) is 29.0 Å². The van der Waals surface area contributed by atoms with Crippen molar-refractivity contribution >= 4 is 11.8 Å². The van der Waals surface area contributed by atoms with Crippen LogP contribution in [0.5, 0.6) is 11.5 Å². The van der Waals surface area contributed by atoms with E-state index in [4.69, 9.17) is 14.0 Å². The van der Waals surface area contributed by atoms with Crippen LogP contribution in [0.25, 0.3) is 22.8 Å². The number of aromatic nitrogens is 6. The first-order valence-electron chi connectivity index (χ1n) is 8.67. The lowest BCUT2D eigenvalue weighted by atomic mass is 10.2. The number of benzene rings is 1. The van der Waals surface area contributed by atoms with E-state index < -0.39 is 0 Å². The minimum absolute atomic E-state index is 0.454. The Labute approximate surface area is 171 Å². The van der Waals surface area contributed by atoms with Crippen molar-refractivity contribution in [1.29, 1.82) is 0 Å². The third-order valence-electron chi connectivity index (χ3n) is 4.22. The second-order valence-corrected chi connectivity index (χ2v) is 6.91. The van der Waals surface area contributed by atoms with Crippen LogP contribution in [0.15, 0.2) is 52.4 Å². The molecule has 4 rings (SSSR count). The summed E-state index contributed by atoms with van der Waals surface area (Å²) in [6.07, 6.45) is 3.45. The summed E-state index contributed by atoms with van der Waals surface area (Å²) >= 11 is 1.47. The zero-order valence-electron chi connectivity index (χ0n) is 16.1. The van der Waals surface area contributed by atoms with Crippen molar-refractivity contribution in [3.63, 3.8) is 0 Å². The molecular weight excluding hydrogens is 392 g/mol. The van der Waals surface area contributed by atoms with E-state index in [1.165, 1.54) is 11.8 Å². The Morgan fingerprint density at radius 3 is 2.66 bits per heavy atom. The quantitative estimate of drug-likeness (QED) is 0.425. The summed E-state index contributed by atoms with van der Waals surface area (Å²) in [4.78, 5) is 8.50. The largest absolute Gasteiger partial charge is 0.497 e. The SMILES string of the molecule is COc1ccc(-c2noc(CSc3nnc(-c4ccncc4)n3C)n2)c(OC)c1. The molecule has 0 fully saturated rings. The molecular formula is C19H18N6O3S. The first kappa shape index (κ1) is 18.9. The molecule has 0 radical (unpaired) electrons. The Balaban J connectivity index is 1.49. The standard InChI is InChI=1S/C19H18N6O3S/c1-25-18(12-6-8-20-9-7-12)22-23-19(25)29-11-16-21-17(24-28-16)14-5-4-13(26-2)10-15(14)27-3/h4-10H,11H2,1-3H3. The highest BCUT2D eigenvalue weighted by Gasteiger charge is 2.16. The van der Waals surface area contributed by atoms with Gasteiger partial charge in [-0.2, -0.15) is 4.98 Å². The van der Waals surface area contributed by atoms with Crippen LogP contribution in [0.4, 0.5) is 0 Å². The van der Waals surface area contributed by atoms with Crippen LogP contribution in [-0.2, 0) is 12.8 Å². The molecule has 0 saturated carbocycles. The van der Waals surface area contributed by atoms with Crippen molar-refractivity contribution in [1.82, 2.24) is 29.9 Å². The maximum Gasteiger partial charge on any atom is 0.237 e. The van der Waals surface area contributed by atoms with Gasteiger partial charge >= 0.3 is 0 Å². The number of hydrogen-bond acceptors (Lipinski definition) is 9.